The standard InChI is InChI=1S/C6H11BrO3/c1-9-5-10-6(8)3-2-4-7/h2-5H2,1H3. The molecule has 0 aromatic heterocycles. The van der Waals surface area contributed by atoms with E-state index in [0.717, 1.165) is 11.8 Å². The van der Waals surface area contributed by atoms with Crippen LogP contribution in [0.2, 0.25) is 0 Å². The molecule has 0 heterocycles. The van der Waals surface area contributed by atoms with Crippen molar-refractivity contribution in [2.45, 2.75) is 12.8 Å². The summed E-state index contributed by atoms with van der Waals surface area (Å²) in [6.07, 6.45) is 1.26. The fourth-order valence-electron chi connectivity index (χ4n) is 0.408. The Labute approximate surface area is 68.8 Å². The van der Waals surface area contributed by atoms with Gasteiger partial charge < -0.3 is 9.47 Å². The number of carbonyl (C=O) groups is 1. The molecule has 0 aliphatic heterocycles. The molecule has 0 rings (SSSR count). The Morgan fingerprint density at radius 2 is 2.30 bits per heavy atom. The van der Waals surface area contributed by atoms with Gasteiger partial charge in [0.2, 0.25) is 0 Å². The minimum absolute atomic E-state index is 0.0567. The first-order valence-electron chi connectivity index (χ1n) is 3.01. The molecule has 0 unspecified atom stereocenters. The molecule has 10 heavy (non-hydrogen) atoms. The normalized spacial score (nSPS) is 9.40. The number of hydrogen-bond acceptors (Lipinski definition) is 3. The van der Waals surface area contributed by atoms with E-state index in [9.17, 15) is 4.79 Å². The SMILES string of the molecule is COCOC(=O)CCCBr. The molecule has 0 fully saturated rings. The molecule has 4 heteroatoms. The lowest BCUT2D eigenvalue weighted by molar-refractivity contribution is -0.154. The maximum absolute atomic E-state index is 10.6. The highest BCUT2D eigenvalue weighted by molar-refractivity contribution is 9.09. The van der Waals surface area contributed by atoms with Crippen LogP contribution in [-0.4, -0.2) is 25.2 Å². The van der Waals surface area contributed by atoms with E-state index in [-0.39, 0.29) is 12.8 Å². The second-order valence-corrected chi connectivity index (χ2v) is 2.51. The van der Waals surface area contributed by atoms with Gasteiger partial charge in [-0.2, -0.15) is 0 Å². The Bertz CT molecular complexity index is 85.0. The summed E-state index contributed by atoms with van der Waals surface area (Å²) in [4.78, 5) is 10.6. The number of alkyl halides is 1. The highest BCUT2D eigenvalue weighted by Gasteiger charge is 1.99. The highest BCUT2D eigenvalue weighted by atomic mass is 79.9. The van der Waals surface area contributed by atoms with Gasteiger partial charge in [0.15, 0.2) is 6.79 Å². The lowest BCUT2D eigenvalue weighted by Crippen LogP contribution is -2.06. The van der Waals surface area contributed by atoms with Crippen molar-refractivity contribution in [3.63, 3.8) is 0 Å². The summed E-state index contributed by atoms with van der Waals surface area (Å²) in [6, 6.07) is 0. The number of ether oxygens (including phenoxy) is 2. The minimum Gasteiger partial charge on any atom is -0.438 e. The van der Waals surface area contributed by atoms with E-state index in [0.29, 0.717) is 6.42 Å². The Kier molecular flexibility index (Phi) is 6.96. The third kappa shape index (κ3) is 6.04. The van der Waals surface area contributed by atoms with Crippen molar-refractivity contribution in [1.82, 2.24) is 0 Å². The second kappa shape index (κ2) is 7.02. The lowest BCUT2D eigenvalue weighted by Gasteiger charge is -2.00. The van der Waals surface area contributed by atoms with Crippen molar-refractivity contribution in [1.29, 1.82) is 0 Å². The molecule has 0 aromatic rings. The van der Waals surface area contributed by atoms with E-state index in [1.807, 2.05) is 0 Å². The molecule has 0 saturated carbocycles. The van der Waals surface area contributed by atoms with Gasteiger partial charge >= 0.3 is 5.97 Å². The molecule has 0 bridgehead atoms. The molecule has 0 spiro atoms. The van der Waals surface area contributed by atoms with Gasteiger partial charge in [-0.3, -0.25) is 4.79 Å². The molecule has 0 saturated heterocycles. The first-order chi connectivity index (χ1) is 4.81. The lowest BCUT2D eigenvalue weighted by atomic mass is 10.3. The maximum Gasteiger partial charge on any atom is 0.307 e. The summed E-state index contributed by atoms with van der Waals surface area (Å²) < 4.78 is 9.15. The van der Waals surface area contributed by atoms with Crippen molar-refractivity contribution in [3.8, 4) is 0 Å². The molecule has 0 N–H and O–H groups in total. The van der Waals surface area contributed by atoms with Crippen LogP contribution in [0.3, 0.4) is 0 Å². The third-order valence-corrected chi connectivity index (χ3v) is 1.41. The molecule has 3 nitrogen and oxygen atoms in total. The van der Waals surface area contributed by atoms with E-state index < -0.39 is 0 Å². The molecule has 60 valence electrons. The van der Waals surface area contributed by atoms with Crippen LogP contribution in [0.5, 0.6) is 0 Å². The van der Waals surface area contributed by atoms with E-state index in [4.69, 9.17) is 0 Å². The van der Waals surface area contributed by atoms with Crippen molar-refractivity contribution in [2.75, 3.05) is 19.2 Å². The van der Waals surface area contributed by atoms with Gasteiger partial charge in [-0.05, 0) is 6.42 Å². The van der Waals surface area contributed by atoms with Crippen molar-refractivity contribution in [2.24, 2.45) is 0 Å². The highest BCUT2D eigenvalue weighted by Crippen LogP contribution is 1.95. The first kappa shape index (κ1) is 9.91. The minimum atomic E-state index is -0.207. The summed E-state index contributed by atoms with van der Waals surface area (Å²) in [7, 11) is 1.48. The number of esters is 1. The summed E-state index contributed by atoms with van der Waals surface area (Å²) in [6.45, 7) is 0.0567. The summed E-state index contributed by atoms with van der Waals surface area (Å²) >= 11 is 3.21. The maximum atomic E-state index is 10.6. The summed E-state index contributed by atoms with van der Waals surface area (Å²) in [5, 5.41) is 0.828. The zero-order valence-corrected chi connectivity index (χ0v) is 7.52. The van der Waals surface area contributed by atoms with Crippen molar-refractivity contribution in [3.05, 3.63) is 0 Å². The van der Waals surface area contributed by atoms with E-state index in [1.165, 1.54) is 7.11 Å². The largest absolute Gasteiger partial charge is 0.438 e. The fraction of sp³-hybridized carbons (Fsp3) is 0.833. The predicted molar refractivity (Wildman–Crippen MR) is 41.0 cm³/mol. The Morgan fingerprint density at radius 1 is 1.60 bits per heavy atom. The molecular formula is C6H11BrO3. The Morgan fingerprint density at radius 3 is 2.80 bits per heavy atom. The molecule has 0 amide bonds. The number of methoxy groups -OCH3 is 1. The topological polar surface area (TPSA) is 35.5 Å². The van der Waals surface area contributed by atoms with Crippen LogP contribution in [0.4, 0.5) is 0 Å². The Balaban J connectivity index is 3.09. The molecule has 0 atom stereocenters. The van der Waals surface area contributed by atoms with Gasteiger partial charge in [-0.25, -0.2) is 0 Å². The van der Waals surface area contributed by atoms with Crippen LogP contribution >= 0.6 is 15.9 Å². The van der Waals surface area contributed by atoms with Gasteiger partial charge in [0, 0.05) is 18.9 Å². The van der Waals surface area contributed by atoms with Crippen LogP contribution in [-0.2, 0) is 14.3 Å². The zero-order valence-electron chi connectivity index (χ0n) is 5.93. The fourth-order valence-corrected chi connectivity index (χ4v) is 0.688. The van der Waals surface area contributed by atoms with E-state index in [1.54, 1.807) is 0 Å². The second-order valence-electron chi connectivity index (χ2n) is 1.72. The van der Waals surface area contributed by atoms with Crippen LogP contribution in [0.15, 0.2) is 0 Å². The third-order valence-electron chi connectivity index (χ3n) is 0.852. The smallest absolute Gasteiger partial charge is 0.307 e. The van der Waals surface area contributed by atoms with E-state index in [2.05, 4.69) is 25.4 Å². The van der Waals surface area contributed by atoms with Gasteiger partial charge in [0.1, 0.15) is 0 Å². The predicted octanol–water partition coefficient (Wildman–Crippen LogP) is 1.31. The molecular weight excluding hydrogens is 200 g/mol. The summed E-state index contributed by atoms with van der Waals surface area (Å²) in [5.41, 5.74) is 0. The quantitative estimate of drug-likeness (QED) is 0.390. The molecule has 0 radical (unpaired) electrons. The van der Waals surface area contributed by atoms with E-state index >= 15 is 0 Å². The first-order valence-corrected chi connectivity index (χ1v) is 4.14. The molecule has 0 aliphatic carbocycles. The van der Waals surface area contributed by atoms with Gasteiger partial charge in [-0.15, -0.1) is 0 Å². The van der Waals surface area contributed by atoms with Crippen molar-refractivity contribution < 1.29 is 14.3 Å². The molecule has 0 aliphatic rings. The van der Waals surface area contributed by atoms with Crippen LogP contribution in [0.25, 0.3) is 0 Å². The van der Waals surface area contributed by atoms with Crippen LogP contribution in [0, 0.1) is 0 Å². The summed E-state index contributed by atoms with van der Waals surface area (Å²) in [5.74, 6) is -0.207. The number of carbonyl (C=O) groups excluding carboxylic acids is 1. The van der Waals surface area contributed by atoms with Crippen molar-refractivity contribution >= 4 is 21.9 Å². The number of rotatable bonds is 5. The number of halogens is 1. The Hall–Kier alpha value is -0.0900. The molecule has 0 aromatic carbocycles. The number of hydrogen-bond donors (Lipinski definition) is 0. The van der Waals surface area contributed by atoms with Crippen LogP contribution < -0.4 is 0 Å². The van der Waals surface area contributed by atoms with Gasteiger partial charge in [-0.1, -0.05) is 15.9 Å². The van der Waals surface area contributed by atoms with Gasteiger partial charge in [0.05, 0.1) is 0 Å². The average molecular weight is 211 g/mol. The van der Waals surface area contributed by atoms with Crippen LogP contribution in [0.1, 0.15) is 12.8 Å². The zero-order chi connectivity index (χ0) is 7.82. The van der Waals surface area contributed by atoms with Gasteiger partial charge in [0.25, 0.3) is 0 Å². The average Bonchev–Trinajstić information content (AvgIpc) is 1.97. The monoisotopic (exact) mass is 210 g/mol.